The van der Waals surface area contributed by atoms with Crippen LogP contribution in [0.5, 0.6) is 0 Å². The smallest absolute Gasteiger partial charge is 0.251 e. The molecule has 0 radical (unpaired) electrons. The van der Waals surface area contributed by atoms with Crippen LogP contribution in [0, 0.1) is 0 Å². The first-order chi connectivity index (χ1) is 14.1. The Hall–Kier alpha value is -3.16. The summed E-state index contributed by atoms with van der Waals surface area (Å²) in [7, 11) is 1.59. The highest BCUT2D eigenvalue weighted by molar-refractivity contribution is 6.33. The number of hydrogen-bond acceptors (Lipinski definition) is 4. The summed E-state index contributed by atoms with van der Waals surface area (Å²) >= 11 is 6.10. The minimum Gasteiger partial charge on any atom is -0.378 e. The predicted octanol–water partition coefficient (Wildman–Crippen LogP) is 3.87. The number of nitrogens with one attached hydrogen (secondary N) is 2. The number of aromatic nitrogens is 2. The molecule has 1 aliphatic heterocycles. The summed E-state index contributed by atoms with van der Waals surface area (Å²) in [5.41, 5.74) is 2.92. The molecule has 0 bridgehead atoms. The number of hydrogen-bond donors (Lipinski definition) is 2. The summed E-state index contributed by atoms with van der Waals surface area (Å²) < 4.78 is 6.85. The van der Waals surface area contributed by atoms with E-state index in [0.29, 0.717) is 28.8 Å². The van der Waals surface area contributed by atoms with Crippen LogP contribution in [0.3, 0.4) is 0 Å². The van der Waals surface area contributed by atoms with Gasteiger partial charge in [-0.25, -0.2) is 4.68 Å². The first-order valence-electron chi connectivity index (χ1n) is 9.09. The van der Waals surface area contributed by atoms with Crippen LogP contribution in [0.15, 0.2) is 54.6 Å². The molecule has 0 fully saturated rings. The molecule has 1 unspecified atom stereocenters. The Morgan fingerprint density at radius 2 is 1.93 bits per heavy atom. The highest BCUT2D eigenvalue weighted by Gasteiger charge is 2.37. The molecule has 2 amide bonds. The van der Waals surface area contributed by atoms with Crippen LogP contribution < -0.4 is 10.6 Å². The van der Waals surface area contributed by atoms with E-state index in [0.717, 1.165) is 11.1 Å². The molecule has 0 spiro atoms. The van der Waals surface area contributed by atoms with Gasteiger partial charge in [-0.05, 0) is 17.7 Å². The molecule has 3 aromatic rings. The molecule has 1 aliphatic rings. The van der Waals surface area contributed by atoms with E-state index in [1.54, 1.807) is 36.1 Å². The predicted molar refractivity (Wildman–Crippen MR) is 111 cm³/mol. The maximum absolute atomic E-state index is 12.6. The quantitative estimate of drug-likeness (QED) is 0.646. The lowest BCUT2D eigenvalue weighted by atomic mass is 10.1. The summed E-state index contributed by atoms with van der Waals surface area (Å²) in [5, 5.41) is 10.6. The molecule has 0 saturated carbocycles. The van der Waals surface area contributed by atoms with E-state index in [4.69, 9.17) is 16.3 Å². The number of rotatable bonds is 6. The van der Waals surface area contributed by atoms with Crippen molar-refractivity contribution < 1.29 is 14.3 Å². The molecule has 2 N–H and O–H groups in total. The highest BCUT2D eigenvalue weighted by Crippen LogP contribution is 2.38. The monoisotopic (exact) mass is 410 g/mol. The van der Waals surface area contributed by atoms with Crippen LogP contribution in [0.4, 0.5) is 11.5 Å². The number of halogens is 1. The zero-order valence-electron chi connectivity index (χ0n) is 15.7. The van der Waals surface area contributed by atoms with Crippen molar-refractivity contribution in [3.63, 3.8) is 0 Å². The second kappa shape index (κ2) is 8.06. The van der Waals surface area contributed by atoms with Crippen LogP contribution in [-0.4, -0.2) is 28.7 Å². The van der Waals surface area contributed by atoms with Crippen LogP contribution in [0.1, 0.15) is 18.2 Å². The Balaban J connectivity index is 1.63. The molecule has 2 heterocycles. The largest absolute Gasteiger partial charge is 0.378 e. The second-order valence-electron chi connectivity index (χ2n) is 6.65. The number of methoxy groups -OCH3 is 1. The van der Waals surface area contributed by atoms with Gasteiger partial charge in [-0.1, -0.05) is 54.1 Å². The molecular weight excluding hydrogens is 392 g/mol. The molecule has 29 heavy (non-hydrogen) atoms. The lowest BCUT2D eigenvalue weighted by molar-refractivity contribution is -0.123. The number of carbonyl (C=O) groups excluding carboxylic acids is 2. The number of anilines is 2. The first-order valence-corrected chi connectivity index (χ1v) is 9.47. The normalized spacial score (nSPS) is 15.1. The molecule has 0 aliphatic carbocycles. The van der Waals surface area contributed by atoms with Crippen LogP contribution in [0.25, 0.3) is 11.1 Å². The third-order valence-corrected chi connectivity index (χ3v) is 5.02. The maximum Gasteiger partial charge on any atom is 0.251 e. The zero-order valence-corrected chi connectivity index (χ0v) is 16.4. The Morgan fingerprint density at radius 3 is 2.66 bits per heavy atom. The average molecular weight is 411 g/mol. The summed E-state index contributed by atoms with van der Waals surface area (Å²) in [6.07, 6.45) is -0.0631. The van der Waals surface area contributed by atoms with Gasteiger partial charge in [0.25, 0.3) is 5.91 Å². The third-order valence-electron chi connectivity index (χ3n) is 4.69. The lowest BCUT2D eigenvalue weighted by Gasteiger charge is -2.11. The Bertz CT molecular complexity index is 1070. The number of ether oxygens (including phenoxy) is 1. The van der Waals surface area contributed by atoms with E-state index in [1.165, 1.54) is 0 Å². The van der Waals surface area contributed by atoms with E-state index in [-0.39, 0.29) is 18.2 Å². The number of nitrogens with zero attached hydrogens (tertiary/aromatic N) is 2. The second-order valence-corrected chi connectivity index (χ2v) is 7.06. The minimum absolute atomic E-state index is 0.0631. The Kier molecular flexibility index (Phi) is 5.33. The molecule has 2 aromatic carbocycles. The topological polar surface area (TPSA) is 85.2 Å². The zero-order chi connectivity index (χ0) is 20.4. The van der Waals surface area contributed by atoms with Gasteiger partial charge < -0.3 is 15.4 Å². The van der Waals surface area contributed by atoms with Gasteiger partial charge in [-0.2, -0.15) is 5.10 Å². The van der Waals surface area contributed by atoms with Gasteiger partial charge in [0.1, 0.15) is 11.9 Å². The standard InChI is InChI=1S/C21H19ClN4O3/c1-29-12-16-19(13-7-3-2-4-8-13)20-24-21(28)17(26(20)25-16)11-18(27)23-15-10-6-5-9-14(15)22/h2-10,17H,11-12H2,1H3,(H,23,27)(H,24,28). The van der Waals surface area contributed by atoms with Gasteiger partial charge >= 0.3 is 0 Å². The number of para-hydroxylation sites is 1. The van der Waals surface area contributed by atoms with Crippen molar-refractivity contribution in [1.82, 2.24) is 9.78 Å². The molecule has 7 nitrogen and oxygen atoms in total. The van der Waals surface area contributed by atoms with Crippen LogP contribution >= 0.6 is 11.6 Å². The van der Waals surface area contributed by atoms with Crippen molar-refractivity contribution in [2.75, 3.05) is 17.7 Å². The van der Waals surface area contributed by atoms with Crippen LogP contribution in [-0.2, 0) is 20.9 Å². The highest BCUT2D eigenvalue weighted by atomic mass is 35.5. The fourth-order valence-corrected chi connectivity index (χ4v) is 3.59. The van der Waals surface area contributed by atoms with Crippen molar-refractivity contribution in [2.24, 2.45) is 0 Å². The third kappa shape index (κ3) is 3.74. The van der Waals surface area contributed by atoms with Gasteiger partial charge in [0.15, 0.2) is 0 Å². The molecule has 4 rings (SSSR count). The fraction of sp³-hybridized carbons (Fsp3) is 0.190. The minimum atomic E-state index is -0.749. The van der Waals surface area contributed by atoms with Crippen LogP contribution in [0.2, 0.25) is 5.02 Å². The summed E-state index contributed by atoms with van der Waals surface area (Å²) in [4.78, 5) is 25.1. The number of amides is 2. The van der Waals surface area contributed by atoms with Gasteiger partial charge in [0.2, 0.25) is 5.91 Å². The van der Waals surface area contributed by atoms with E-state index in [2.05, 4.69) is 15.7 Å². The summed E-state index contributed by atoms with van der Waals surface area (Å²) in [6.45, 7) is 0.290. The van der Waals surface area contributed by atoms with Gasteiger partial charge in [-0.15, -0.1) is 0 Å². The lowest BCUT2D eigenvalue weighted by Crippen LogP contribution is -2.24. The van der Waals surface area contributed by atoms with Crippen molar-refractivity contribution >= 4 is 34.9 Å². The number of carbonyl (C=O) groups is 2. The maximum atomic E-state index is 12.6. The molecule has 148 valence electrons. The van der Waals surface area contributed by atoms with Gasteiger partial charge in [-0.3, -0.25) is 9.59 Å². The van der Waals surface area contributed by atoms with Crippen molar-refractivity contribution in [1.29, 1.82) is 0 Å². The van der Waals surface area contributed by atoms with E-state index in [9.17, 15) is 9.59 Å². The molecule has 1 atom stereocenters. The van der Waals surface area contributed by atoms with Crippen molar-refractivity contribution in [3.05, 3.63) is 65.3 Å². The van der Waals surface area contributed by atoms with Gasteiger partial charge in [0.05, 0.1) is 29.4 Å². The molecular formula is C21H19ClN4O3. The molecule has 0 saturated heterocycles. The fourth-order valence-electron chi connectivity index (χ4n) is 3.40. The van der Waals surface area contributed by atoms with Gasteiger partial charge in [0, 0.05) is 12.7 Å². The molecule has 8 heteroatoms. The Labute approximate surface area is 172 Å². The first kappa shape index (κ1) is 19.2. The summed E-state index contributed by atoms with van der Waals surface area (Å²) in [5.74, 6) is -0.0251. The van der Waals surface area contributed by atoms with E-state index < -0.39 is 6.04 Å². The Morgan fingerprint density at radius 1 is 1.21 bits per heavy atom. The van der Waals surface area contributed by atoms with E-state index in [1.807, 2.05) is 30.3 Å². The molecule has 1 aromatic heterocycles. The van der Waals surface area contributed by atoms with Crippen molar-refractivity contribution in [2.45, 2.75) is 19.1 Å². The number of benzene rings is 2. The number of fused-ring (bicyclic) bond motifs is 1. The van der Waals surface area contributed by atoms with Crippen molar-refractivity contribution in [3.8, 4) is 11.1 Å². The van der Waals surface area contributed by atoms with E-state index >= 15 is 0 Å². The summed E-state index contributed by atoms with van der Waals surface area (Å²) in [6, 6.07) is 15.8. The average Bonchev–Trinajstić information content (AvgIpc) is 3.20. The SMILES string of the molecule is COCc1nn2c(c1-c1ccccc1)NC(=O)C2CC(=O)Nc1ccccc1Cl.